The van der Waals surface area contributed by atoms with E-state index in [0.29, 0.717) is 0 Å². The third kappa shape index (κ3) is 39.0. The van der Waals surface area contributed by atoms with E-state index in [1.807, 2.05) is 0 Å². The first-order chi connectivity index (χ1) is 25.9. The van der Waals surface area contributed by atoms with Crippen molar-refractivity contribution >= 4 is 0 Å². The maximum absolute atomic E-state index is 3.31. The Labute approximate surface area is 305 Å². The summed E-state index contributed by atoms with van der Waals surface area (Å²) in [5.41, 5.74) is 47.5. The Morgan fingerprint density at radius 3 is 0.712 bits per heavy atom. The molecule has 0 bridgehead atoms. The van der Waals surface area contributed by atoms with Gasteiger partial charge in [-0.2, -0.15) is 0 Å². The average Bonchev–Trinajstić information content (AvgIpc) is 3.16. The first-order valence-electron chi connectivity index (χ1n) is 13.2. The summed E-state index contributed by atoms with van der Waals surface area (Å²) in [5, 5.41) is 0. The predicted molar refractivity (Wildman–Crippen MR) is 199 cm³/mol. The highest BCUT2D eigenvalue weighted by Crippen LogP contribution is 1.63. The second-order valence-electron chi connectivity index (χ2n) is 6.48. The zero-order chi connectivity index (χ0) is 37.4. The fraction of sp³-hybridized carbons (Fsp3) is 0.0192. The molecule has 0 radical (unpaired) electrons. The van der Waals surface area contributed by atoms with Crippen LogP contribution >= 0.6 is 0 Å². The molecule has 0 aliphatic heterocycles. The molecule has 52 heavy (non-hydrogen) atoms. The van der Waals surface area contributed by atoms with E-state index in [-0.39, 0.29) is 0 Å². The number of hydrogen-bond acceptors (Lipinski definition) is 0. The normalized spacial score (nSPS) is 4.02. The Balaban J connectivity index is 4.94. The zero-order valence-corrected chi connectivity index (χ0v) is 26.8. The number of hydrogen-bond donors (Lipinski definition) is 0. The predicted octanol–water partition coefficient (Wildman–Crippen LogP) is 4.19. The van der Waals surface area contributed by atoms with Crippen molar-refractivity contribution in [3.63, 3.8) is 0 Å². The van der Waals surface area contributed by atoms with Crippen molar-refractivity contribution in [1.82, 2.24) is 0 Å². The molecule has 0 N–H and O–H groups in total. The van der Waals surface area contributed by atoms with Crippen molar-refractivity contribution in [3.8, 4) is 178 Å². The maximum atomic E-state index is 3.31. The Morgan fingerprint density at radius 2 is 0.462 bits per heavy atom. The van der Waals surface area contributed by atoms with Gasteiger partial charge in [0.2, 0.25) is 0 Å². The van der Waals surface area contributed by atoms with E-state index in [1.165, 1.54) is 6.08 Å². The first-order valence-corrected chi connectivity index (χ1v) is 13.2. The van der Waals surface area contributed by atoms with Crippen molar-refractivity contribution in [1.29, 1.82) is 0 Å². The van der Waals surface area contributed by atoms with E-state index in [0.717, 1.165) is 0 Å². The average molecular weight is 631 g/mol. The van der Waals surface area contributed by atoms with Crippen LogP contribution in [0.1, 0.15) is 6.92 Å². The first kappa shape index (κ1) is 41.0. The Hall–Kier alpha value is -11.0. The molecule has 0 atom stereocenters. The fourth-order valence-corrected chi connectivity index (χ4v) is 1.57. The van der Waals surface area contributed by atoms with Crippen molar-refractivity contribution < 1.29 is 0 Å². The Morgan fingerprint density at radius 1 is 0.250 bits per heavy atom. The van der Waals surface area contributed by atoms with Crippen LogP contribution in [0.3, 0.4) is 0 Å². The van der Waals surface area contributed by atoms with E-state index in [2.05, 4.69) is 293 Å². The van der Waals surface area contributed by atoms with Gasteiger partial charge in [0, 0.05) is 82.9 Å². The van der Waals surface area contributed by atoms with Crippen molar-refractivity contribution in [2.75, 3.05) is 0 Å². The molecule has 0 saturated carbocycles. The molecule has 0 nitrogen and oxygen atoms in total. The summed E-state index contributed by atoms with van der Waals surface area (Å²) < 4.78 is 0. The van der Waals surface area contributed by atoms with Gasteiger partial charge in [0.15, 0.2) is 0 Å². The lowest BCUT2D eigenvalue weighted by Crippen LogP contribution is -1.57. The van der Waals surface area contributed by atoms with E-state index >= 15 is 0 Å². The topological polar surface area (TPSA) is 0 Å². The minimum absolute atomic E-state index is 1.39. The van der Waals surface area contributed by atoms with E-state index in [1.54, 1.807) is 6.92 Å². The molecule has 0 aromatic heterocycles. The molecule has 0 rings (SSSR count). The molecule has 0 spiro atoms. The minimum Gasteiger partial charge on any atom is -0.0925 e. The van der Waals surface area contributed by atoms with Crippen LogP contribution in [0.2, 0.25) is 0 Å². The molecule has 0 aliphatic rings. The lowest BCUT2D eigenvalue weighted by Gasteiger charge is -1.57. The molecule has 0 fully saturated rings. The molecule has 0 amide bonds. The summed E-state index contributed by atoms with van der Waals surface area (Å²) in [7, 11) is 0. The third-order valence-corrected chi connectivity index (χ3v) is 3.19. The summed E-state index contributed by atoms with van der Waals surface area (Å²) in [6.45, 7) is 5.00. The fourth-order valence-electron chi connectivity index (χ4n) is 1.57. The van der Waals surface area contributed by atoms with Crippen LogP contribution < -0.4 is 0 Å². The van der Waals surface area contributed by atoms with Gasteiger partial charge in [-0.05, 0) is 200 Å². The second-order valence-corrected chi connectivity index (χ2v) is 6.48. The van der Waals surface area contributed by atoms with Gasteiger partial charge in [0.1, 0.15) is 0 Å². The number of allylic oxidation sites excluding steroid dienone is 1. The van der Waals surface area contributed by atoms with Crippen LogP contribution in [0.4, 0.5) is 0 Å². The van der Waals surface area contributed by atoms with E-state index < -0.39 is 0 Å². The summed E-state index contributed by atoms with van der Waals surface area (Å²) >= 11 is 0. The molecule has 0 saturated heterocycles. The Bertz CT molecular complexity index is 3300. The SMILES string of the molecule is C=C=C=C=C=C=C=C=C=C=C=C=C=C=C=C=C=C=C=C=CC#CC#CC#CC#CC#CC#CC#CC#CC#CC#CC#CC#CC#CC#CC#CC. The van der Waals surface area contributed by atoms with Gasteiger partial charge in [0.05, 0.1) is 0 Å². The monoisotopic (exact) mass is 630 g/mol. The zero-order valence-electron chi connectivity index (χ0n) is 26.8. The van der Waals surface area contributed by atoms with Crippen LogP contribution in [0.5, 0.6) is 0 Å². The quantitative estimate of drug-likeness (QED) is 0.279. The maximum Gasteiger partial charge on any atom is 0.0403 e. The van der Waals surface area contributed by atoms with Crippen LogP contribution in [-0.4, -0.2) is 0 Å². The van der Waals surface area contributed by atoms with Gasteiger partial charge in [-0.1, -0.05) is 23.3 Å². The highest BCUT2D eigenvalue weighted by molar-refractivity contribution is 5.48. The van der Waals surface area contributed by atoms with Gasteiger partial charge in [-0.25, -0.2) is 0 Å². The van der Waals surface area contributed by atoms with E-state index in [9.17, 15) is 0 Å². The van der Waals surface area contributed by atoms with Crippen LogP contribution in [0, 0.1) is 178 Å². The summed E-state index contributed by atoms with van der Waals surface area (Å²) in [6.07, 6.45) is 1.39. The van der Waals surface area contributed by atoms with Crippen molar-refractivity contribution in [2.45, 2.75) is 6.92 Å². The summed E-state index contributed by atoms with van der Waals surface area (Å²) in [6, 6.07) is 0. The van der Waals surface area contributed by atoms with E-state index in [4.69, 9.17) is 0 Å². The van der Waals surface area contributed by atoms with Gasteiger partial charge in [-0.3, -0.25) is 0 Å². The molecule has 0 unspecified atom stereocenters. The molecular formula is C52H6. The third-order valence-electron chi connectivity index (χ3n) is 3.19. The summed E-state index contributed by atoms with van der Waals surface area (Å²) in [5.74, 6) is 75.6. The highest BCUT2D eigenvalue weighted by atomic mass is 13.6. The lowest BCUT2D eigenvalue weighted by atomic mass is 10.4. The molecule has 0 aliphatic carbocycles. The largest absolute Gasteiger partial charge is 0.0925 e. The molecule has 0 aromatic carbocycles. The Kier molecular flexibility index (Phi) is 31.5. The van der Waals surface area contributed by atoms with Gasteiger partial charge >= 0.3 is 0 Å². The molecule has 0 heterocycles. The summed E-state index contributed by atoms with van der Waals surface area (Å²) in [4.78, 5) is 0. The van der Waals surface area contributed by atoms with Crippen LogP contribution in [0.15, 0.2) is 122 Å². The van der Waals surface area contributed by atoms with Crippen molar-refractivity contribution in [3.05, 3.63) is 122 Å². The highest BCUT2D eigenvalue weighted by Gasteiger charge is 1.60. The smallest absolute Gasteiger partial charge is 0.0403 e. The standard InChI is InChI=1S/C52H6/c1-3-5-7-9-11-13-15-17-19-21-23-25-27-29-31-33-35-37-39-41-43-45-47-49-51-52-50-48-46-44-42-40-38-36-34-32-30-28-26-24-22-20-18-16-14-12-10-8-6-4-2/h41H,1H2,2H3. The van der Waals surface area contributed by atoms with Gasteiger partial charge in [-0.15, -0.1) is 0 Å². The second kappa shape index (κ2) is 40.0. The molecule has 214 valence electrons. The lowest BCUT2D eigenvalue weighted by molar-refractivity contribution is 1.92. The molecular weight excluding hydrogens is 625 g/mol. The molecule has 0 aromatic rings. The van der Waals surface area contributed by atoms with Crippen LogP contribution in [0.25, 0.3) is 0 Å². The van der Waals surface area contributed by atoms with Crippen molar-refractivity contribution in [2.24, 2.45) is 0 Å². The van der Waals surface area contributed by atoms with Crippen LogP contribution in [-0.2, 0) is 0 Å². The minimum atomic E-state index is 1.39. The molecule has 0 heteroatoms. The number of rotatable bonds is 0. The van der Waals surface area contributed by atoms with Gasteiger partial charge < -0.3 is 0 Å². The van der Waals surface area contributed by atoms with Gasteiger partial charge in [0.25, 0.3) is 0 Å².